The van der Waals surface area contributed by atoms with Crippen LogP contribution in [0.1, 0.15) is 17.2 Å². The Bertz CT molecular complexity index is 572. The van der Waals surface area contributed by atoms with Crippen molar-refractivity contribution in [1.82, 2.24) is 10.3 Å². The highest BCUT2D eigenvalue weighted by Crippen LogP contribution is 2.27. The largest absolute Gasteiger partial charge is 0.383 e. The molecule has 0 amide bonds. The molecule has 1 aromatic carbocycles. The first kappa shape index (κ1) is 14.1. The van der Waals surface area contributed by atoms with Crippen LogP contribution in [0.3, 0.4) is 0 Å². The third kappa shape index (κ3) is 3.38. The minimum Gasteiger partial charge on any atom is -0.383 e. The Morgan fingerprint density at radius 2 is 2.05 bits per heavy atom. The first-order chi connectivity index (χ1) is 9.11. The lowest BCUT2D eigenvalue weighted by atomic mass is 9.99. The second-order valence-corrected chi connectivity index (χ2v) is 5.08. The van der Waals surface area contributed by atoms with Gasteiger partial charge in [-0.2, -0.15) is 0 Å². The smallest absolute Gasteiger partial charge is 0.126 e. The van der Waals surface area contributed by atoms with Gasteiger partial charge >= 0.3 is 0 Å². The van der Waals surface area contributed by atoms with Gasteiger partial charge in [-0.25, -0.2) is 4.98 Å². The molecular weight excluding hydrogens is 281 g/mol. The van der Waals surface area contributed by atoms with Crippen LogP contribution < -0.4 is 11.1 Å². The van der Waals surface area contributed by atoms with Gasteiger partial charge in [-0.05, 0) is 42.8 Å². The standard InChI is InChI=1S/C14H15Cl2N3/c1-18-13(8-10-3-2-6-19-14(10)17)9-4-5-11(15)12(16)7-9/h2-7,13,18H,8H2,1H3,(H2,17,19). The van der Waals surface area contributed by atoms with Gasteiger partial charge in [0.1, 0.15) is 5.82 Å². The highest BCUT2D eigenvalue weighted by atomic mass is 35.5. The van der Waals surface area contributed by atoms with E-state index in [4.69, 9.17) is 28.9 Å². The van der Waals surface area contributed by atoms with E-state index in [0.717, 1.165) is 17.5 Å². The van der Waals surface area contributed by atoms with Crippen molar-refractivity contribution >= 4 is 29.0 Å². The zero-order valence-electron chi connectivity index (χ0n) is 10.5. The van der Waals surface area contributed by atoms with Crippen molar-refractivity contribution in [2.75, 3.05) is 12.8 Å². The van der Waals surface area contributed by atoms with E-state index in [1.165, 1.54) is 0 Å². The number of benzene rings is 1. The number of nitrogen functional groups attached to an aromatic ring is 1. The maximum absolute atomic E-state index is 6.05. The van der Waals surface area contributed by atoms with E-state index in [-0.39, 0.29) is 6.04 Å². The Hall–Kier alpha value is -1.29. The topological polar surface area (TPSA) is 50.9 Å². The highest BCUT2D eigenvalue weighted by molar-refractivity contribution is 6.42. The molecule has 0 aliphatic heterocycles. The van der Waals surface area contributed by atoms with Gasteiger partial charge in [-0.1, -0.05) is 35.3 Å². The van der Waals surface area contributed by atoms with Gasteiger partial charge in [-0.3, -0.25) is 0 Å². The van der Waals surface area contributed by atoms with E-state index >= 15 is 0 Å². The maximum atomic E-state index is 6.05. The Kier molecular flexibility index (Phi) is 4.64. The number of pyridine rings is 1. The van der Waals surface area contributed by atoms with Gasteiger partial charge in [0.25, 0.3) is 0 Å². The van der Waals surface area contributed by atoms with Gasteiger partial charge in [-0.15, -0.1) is 0 Å². The normalized spacial score (nSPS) is 12.4. The number of nitrogens with two attached hydrogens (primary N) is 1. The lowest BCUT2D eigenvalue weighted by molar-refractivity contribution is 0.592. The molecule has 2 aromatic rings. The summed E-state index contributed by atoms with van der Waals surface area (Å²) in [6.07, 6.45) is 2.43. The number of hydrogen-bond acceptors (Lipinski definition) is 3. The summed E-state index contributed by atoms with van der Waals surface area (Å²) in [5.74, 6) is 0.558. The fourth-order valence-electron chi connectivity index (χ4n) is 1.96. The summed E-state index contributed by atoms with van der Waals surface area (Å²) in [5, 5.41) is 4.37. The number of hydrogen-bond donors (Lipinski definition) is 2. The number of nitrogens with one attached hydrogen (secondary N) is 1. The van der Waals surface area contributed by atoms with Crippen LogP contribution in [0.25, 0.3) is 0 Å². The van der Waals surface area contributed by atoms with Crippen LogP contribution in [0.5, 0.6) is 0 Å². The Morgan fingerprint density at radius 1 is 1.26 bits per heavy atom. The van der Waals surface area contributed by atoms with Crippen LogP contribution in [-0.2, 0) is 6.42 Å². The zero-order valence-corrected chi connectivity index (χ0v) is 12.0. The van der Waals surface area contributed by atoms with Crippen molar-refractivity contribution in [1.29, 1.82) is 0 Å². The third-order valence-electron chi connectivity index (χ3n) is 3.04. The molecule has 1 atom stereocenters. The Morgan fingerprint density at radius 3 is 2.68 bits per heavy atom. The Balaban J connectivity index is 2.25. The zero-order chi connectivity index (χ0) is 13.8. The molecule has 0 aliphatic carbocycles. The molecule has 0 saturated heterocycles. The maximum Gasteiger partial charge on any atom is 0.126 e. The molecule has 3 N–H and O–H groups in total. The summed E-state index contributed by atoms with van der Waals surface area (Å²) in [4.78, 5) is 4.09. The van der Waals surface area contributed by atoms with Crippen molar-refractivity contribution in [2.45, 2.75) is 12.5 Å². The second kappa shape index (κ2) is 6.24. The molecule has 2 rings (SSSR count). The lowest BCUT2D eigenvalue weighted by Gasteiger charge is -2.18. The second-order valence-electron chi connectivity index (χ2n) is 4.27. The van der Waals surface area contributed by atoms with Gasteiger partial charge in [0.2, 0.25) is 0 Å². The fourth-order valence-corrected chi connectivity index (χ4v) is 2.27. The van der Waals surface area contributed by atoms with E-state index in [1.807, 2.05) is 31.3 Å². The summed E-state index contributed by atoms with van der Waals surface area (Å²) in [7, 11) is 1.90. The van der Waals surface area contributed by atoms with E-state index in [0.29, 0.717) is 15.9 Å². The van der Waals surface area contributed by atoms with E-state index in [9.17, 15) is 0 Å². The highest BCUT2D eigenvalue weighted by Gasteiger charge is 2.13. The van der Waals surface area contributed by atoms with Crippen LogP contribution in [-0.4, -0.2) is 12.0 Å². The van der Waals surface area contributed by atoms with Crippen molar-refractivity contribution in [3.8, 4) is 0 Å². The van der Waals surface area contributed by atoms with Crippen LogP contribution in [0.15, 0.2) is 36.5 Å². The number of nitrogens with zero attached hydrogens (tertiary/aromatic N) is 1. The average Bonchev–Trinajstić information content (AvgIpc) is 2.41. The van der Waals surface area contributed by atoms with Crippen molar-refractivity contribution in [2.24, 2.45) is 0 Å². The molecule has 1 unspecified atom stereocenters. The summed E-state index contributed by atoms with van der Waals surface area (Å²) in [6.45, 7) is 0. The molecule has 1 aromatic heterocycles. The fraction of sp³-hybridized carbons (Fsp3) is 0.214. The van der Waals surface area contributed by atoms with Crippen LogP contribution in [0.4, 0.5) is 5.82 Å². The van der Waals surface area contributed by atoms with Gasteiger partial charge < -0.3 is 11.1 Å². The van der Waals surface area contributed by atoms with E-state index in [2.05, 4.69) is 10.3 Å². The van der Waals surface area contributed by atoms with Gasteiger partial charge in [0.05, 0.1) is 10.0 Å². The summed E-state index contributed by atoms with van der Waals surface area (Å²) >= 11 is 12.0. The minimum atomic E-state index is 0.112. The molecule has 0 aliphatic rings. The molecule has 0 saturated carbocycles. The van der Waals surface area contributed by atoms with E-state index in [1.54, 1.807) is 12.3 Å². The average molecular weight is 296 g/mol. The number of rotatable bonds is 4. The number of halogens is 2. The first-order valence-electron chi connectivity index (χ1n) is 5.93. The predicted molar refractivity (Wildman–Crippen MR) is 80.6 cm³/mol. The molecule has 0 fully saturated rings. The van der Waals surface area contributed by atoms with Crippen molar-refractivity contribution in [3.05, 3.63) is 57.7 Å². The molecule has 5 heteroatoms. The van der Waals surface area contributed by atoms with Crippen molar-refractivity contribution < 1.29 is 0 Å². The number of anilines is 1. The molecule has 1 heterocycles. The molecule has 3 nitrogen and oxygen atoms in total. The quantitative estimate of drug-likeness (QED) is 0.908. The molecule has 0 radical (unpaired) electrons. The van der Waals surface area contributed by atoms with Crippen LogP contribution >= 0.6 is 23.2 Å². The van der Waals surface area contributed by atoms with Crippen LogP contribution in [0, 0.1) is 0 Å². The summed E-state index contributed by atoms with van der Waals surface area (Å²) < 4.78 is 0. The van der Waals surface area contributed by atoms with Crippen molar-refractivity contribution in [3.63, 3.8) is 0 Å². The third-order valence-corrected chi connectivity index (χ3v) is 3.78. The molecule has 19 heavy (non-hydrogen) atoms. The molecule has 100 valence electrons. The van der Waals surface area contributed by atoms with Crippen LogP contribution in [0.2, 0.25) is 10.0 Å². The minimum absolute atomic E-state index is 0.112. The first-order valence-corrected chi connectivity index (χ1v) is 6.69. The predicted octanol–water partition coefficient (Wildman–Crippen LogP) is 3.47. The Labute approximate surface area is 122 Å². The molecule has 0 spiro atoms. The van der Waals surface area contributed by atoms with E-state index < -0.39 is 0 Å². The SMILES string of the molecule is CNC(Cc1cccnc1N)c1ccc(Cl)c(Cl)c1. The summed E-state index contributed by atoms with van der Waals surface area (Å²) in [6, 6.07) is 9.61. The monoisotopic (exact) mass is 295 g/mol. The molecular formula is C14H15Cl2N3. The number of likely N-dealkylation sites (N-methyl/N-ethyl adjacent to an activating group) is 1. The molecule has 0 bridgehead atoms. The van der Waals surface area contributed by atoms with Gasteiger partial charge in [0.15, 0.2) is 0 Å². The van der Waals surface area contributed by atoms with Gasteiger partial charge in [0, 0.05) is 12.2 Å². The number of aromatic nitrogens is 1. The summed E-state index contributed by atoms with van der Waals surface area (Å²) in [5.41, 5.74) is 7.95. The lowest BCUT2D eigenvalue weighted by Crippen LogP contribution is -2.19.